The molecule has 148 valence electrons. The molecule has 0 radical (unpaired) electrons. The molecular formula is C20H24N4O4. The topological polar surface area (TPSA) is 99.3 Å². The van der Waals surface area contributed by atoms with Gasteiger partial charge in [0.2, 0.25) is 0 Å². The predicted octanol–water partition coefficient (Wildman–Crippen LogP) is 3.85. The molecule has 3 rings (SSSR count). The lowest BCUT2D eigenvalue weighted by molar-refractivity contribution is -0.384. The second-order valence-corrected chi connectivity index (χ2v) is 7.10. The summed E-state index contributed by atoms with van der Waals surface area (Å²) in [5.74, 6) is -0.0416. The van der Waals surface area contributed by atoms with Gasteiger partial charge in [0.25, 0.3) is 5.69 Å². The van der Waals surface area contributed by atoms with Crippen molar-refractivity contribution in [1.82, 2.24) is 9.78 Å². The number of esters is 1. The number of non-ortho nitro benzene ring substituents is 1. The smallest absolute Gasteiger partial charge is 0.336 e. The van der Waals surface area contributed by atoms with Gasteiger partial charge in [0, 0.05) is 36.4 Å². The van der Waals surface area contributed by atoms with Gasteiger partial charge in [-0.2, -0.15) is 5.10 Å². The number of aromatic nitrogens is 2. The van der Waals surface area contributed by atoms with Gasteiger partial charge < -0.3 is 10.1 Å². The molecule has 0 aliphatic carbocycles. The average molecular weight is 384 g/mol. The first-order valence-corrected chi connectivity index (χ1v) is 9.22. The Hall–Kier alpha value is -3.16. The number of hydrogen-bond acceptors (Lipinski definition) is 6. The summed E-state index contributed by atoms with van der Waals surface area (Å²) < 4.78 is 7.06. The van der Waals surface area contributed by atoms with Crippen molar-refractivity contribution in [2.24, 2.45) is 7.05 Å². The van der Waals surface area contributed by atoms with Gasteiger partial charge in [0.15, 0.2) is 0 Å². The maximum atomic E-state index is 12.8. The fourth-order valence-corrected chi connectivity index (χ4v) is 3.66. The Bertz CT molecular complexity index is 975. The van der Waals surface area contributed by atoms with E-state index in [9.17, 15) is 14.9 Å². The number of carbonyl (C=O) groups is 1. The van der Waals surface area contributed by atoms with E-state index < -0.39 is 16.8 Å². The molecule has 0 bridgehead atoms. The SMILES string of the molecule is CCOC(=O)C1=C(C)Nc2c(c(C(C)C)nn2C)C1c1cccc([N+](=O)[O-])c1. The summed E-state index contributed by atoms with van der Waals surface area (Å²) in [6.07, 6.45) is 0. The van der Waals surface area contributed by atoms with E-state index in [2.05, 4.69) is 10.4 Å². The third kappa shape index (κ3) is 3.26. The highest BCUT2D eigenvalue weighted by Crippen LogP contribution is 2.45. The lowest BCUT2D eigenvalue weighted by atomic mass is 9.80. The molecule has 1 N–H and O–H groups in total. The molecule has 28 heavy (non-hydrogen) atoms. The monoisotopic (exact) mass is 384 g/mol. The number of hydrogen-bond donors (Lipinski definition) is 1. The van der Waals surface area contributed by atoms with E-state index in [1.54, 1.807) is 23.7 Å². The Morgan fingerprint density at radius 1 is 1.43 bits per heavy atom. The molecule has 0 fully saturated rings. The summed E-state index contributed by atoms with van der Waals surface area (Å²) in [4.78, 5) is 23.7. The standard InChI is InChI=1S/C20H24N4O4/c1-6-28-20(25)15-12(4)21-19-17(18(11(2)3)22-23(19)5)16(15)13-8-7-9-14(10-13)24(26)27/h7-11,16,21H,6H2,1-5H3. The number of nitro benzene ring substituents is 1. The Kier molecular flexibility index (Phi) is 5.22. The fourth-order valence-electron chi connectivity index (χ4n) is 3.66. The average Bonchev–Trinajstić information content (AvgIpc) is 2.97. The van der Waals surface area contributed by atoms with Gasteiger partial charge in [-0.05, 0) is 25.3 Å². The van der Waals surface area contributed by atoms with Gasteiger partial charge in [-0.15, -0.1) is 0 Å². The van der Waals surface area contributed by atoms with E-state index in [0.29, 0.717) is 16.8 Å². The third-order valence-corrected chi connectivity index (χ3v) is 4.86. The number of carbonyl (C=O) groups excluding carboxylic acids is 1. The van der Waals surface area contributed by atoms with Gasteiger partial charge in [0.1, 0.15) is 5.82 Å². The largest absolute Gasteiger partial charge is 0.463 e. The number of rotatable bonds is 5. The van der Waals surface area contributed by atoms with Crippen molar-refractivity contribution in [1.29, 1.82) is 0 Å². The summed E-state index contributed by atoms with van der Waals surface area (Å²) in [7, 11) is 1.84. The van der Waals surface area contributed by atoms with Crippen LogP contribution in [-0.4, -0.2) is 27.3 Å². The van der Waals surface area contributed by atoms with Crippen molar-refractivity contribution < 1.29 is 14.5 Å². The molecular weight excluding hydrogens is 360 g/mol. The number of nitro groups is 1. The number of benzene rings is 1. The molecule has 1 aliphatic rings. The molecule has 1 aliphatic heterocycles. The Morgan fingerprint density at radius 2 is 2.14 bits per heavy atom. The first-order valence-electron chi connectivity index (χ1n) is 9.22. The highest BCUT2D eigenvalue weighted by molar-refractivity contribution is 5.94. The van der Waals surface area contributed by atoms with Crippen LogP contribution in [0.25, 0.3) is 0 Å². The fraction of sp³-hybridized carbons (Fsp3) is 0.400. The Balaban J connectivity index is 2.29. The zero-order chi connectivity index (χ0) is 20.6. The number of allylic oxidation sites excluding steroid dienone is 1. The molecule has 0 spiro atoms. The molecule has 2 heterocycles. The number of nitrogens with zero attached hydrogens (tertiary/aromatic N) is 3. The molecule has 8 heteroatoms. The molecule has 1 unspecified atom stereocenters. The van der Waals surface area contributed by atoms with Crippen LogP contribution in [0.4, 0.5) is 11.5 Å². The van der Waals surface area contributed by atoms with Gasteiger partial charge in [-0.25, -0.2) is 4.79 Å². The zero-order valence-electron chi connectivity index (χ0n) is 16.6. The van der Waals surface area contributed by atoms with Crippen LogP contribution < -0.4 is 5.32 Å². The number of aryl methyl sites for hydroxylation is 1. The van der Waals surface area contributed by atoms with Gasteiger partial charge in [-0.1, -0.05) is 26.0 Å². The number of nitrogens with one attached hydrogen (secondary N) is 1. The third-order valence-electron chi connectivity index (χ3n) is 4.86. The van der Waals surface area contributed by atoms with Crippen LogP contribution in [0.15, 0.2) is 35.5 Å². The van der Waals surface area contributed by atoms with Crippen LogP contribution in [0, 0.1) is 10.1 Å². The van der Waals surface area contributed by atoms with Gasteiger partial charge in [0.05, 0.1) is 22.8 Å². The zero-order valence-corrected chi connectivity index (χ0v) is 16.6. The van der Waals surface area contributed by atoms with Crippen molar-refractivity contribution >= 4 is 17.5 Å². The van der Waals surface area contributed by atoms with Crippen molar-refractivity contribution in [3.63, 3.8) is 0 Å². The summed E-state index contributed by atoms with van der Waals surface area (Å²) in [5, 5.41) is 19.2. The van der Waals surface area contributed by atoms with Crippen LogP contribution in [0.2, 0.25) is 0 Å². The summed E-state index contributed by atoms with van der Waals surface area (Å²) in [5.41, 5.74) is 3.44. The van der Waals surface area contributed by atoms with Crippen LogP contribution in [-0.2, 0) is 16.6 Å². The van der Waals surface area contributed by atoms with Crippen LogP contribution in [0.5, 0.6) is 0 Å². The second kappa shape index (κ2) is 7.46. The van der Waals surface area contributed by atoms with E-state index >= 15 is 0 Å². The highest BCUT2D eigenvalue weighted by Gasteiger charge is 2.38. The maximum Gasteiger partial charge on any atom is 0.336 e. The number of anilines is 1. The Labute approximate surface area is 163 Å². The van der Waals surface area contributed by atoms with E-state index in [-0.39, 0.29) is 18.2 Å². The molecule has 0 amide bonds. The highest BCUT2D eigenvalue weighted by atomic mass is 16.6. The van der Waals surface area contributed by atoms with E-state index in [1.807, 2.05) is 27.8 Å². The minimum absolute atomic E-state index is 0.0200. The maximum absolute atomic E-state index is 12.8. The van der Waals surface area contributed by atoms with Crippen LogP contribution in [0.3, 0.4) is 0 Å². The van der Waals surface area contributed by atoms with Crippen molar-refractivity contribution in [3.05, 3.63) is 62.5 Å². The van der Waals surface area contributed by atoms with Crippen LogP contribution in [0.1, 0.15) is 56.4 Å². The number of ether oxygens (including phenoxy) is 1. The number of fused-ring (bicyclic) bond motifs is 1. The normalized spacial score (nSPS) is 16.0. The van der Waals surface area contributed by atoms with Gasteiger partial charge >= 0.3 is 5.97 Å². The van der Waals surface area contributed by atoms with Gasteiger partial charge in [-0.3, -0.25) is 14.8 Å². The van der Waals surface area contributed by atoms with Crippen molar-refractivity contribution in [2.45, 2.75) is 39.5 Å². The van der Waals surface area contributed by atoms with Crippen molar-refractivity contribution in [2.75, 3.05) is 11.9 Å². The molecule has 0 saturated carbocycles. The van der Waals surface area contributed by atoms with E-state index in [1.165, 1.54) is 12.1 Å². The summed E-state index contributed by atoms with van der Waals surface area (Å²) >= 11 is 0. The second-order valence-electron chi connectivity index (χ2n) is 7.10. The molecule has 0 saturated heterocycles. The molecule has 1 aromatic heterocycles. The first-order chi connectivity index (χ1) is 13.3. The lowest BCUT2D eigenvalue weighted by Crippen LogP contribution is -2.25. The molecule has 1 atom stereocenters. The minimum Gasteiger partial charge on any atom is -0.463 e. The van der Waals surface area contributed by atoms with E-state index in [4.69, 9.17) is 4.74 Å². The van der Waals surface area contributed by atoms with E-state index in [0.717, 1.165) is 17.1 Å². The minimum atomic E-state index is -0.499. The first kappa shape index (κ1) is 19.6. The predicted molar refractivity (Wildman–Crippen MR) is 105 cm³/mol. The Morgan fingerprint density at radius 3 is 2.75 bits per heavy atom. The molecule has 1 aromatic carbocycles. The quantitative estimate of drug-likeness (QED) is 0.478. The summed E-state index contributed by atoms with van der Waals surface area (Å²) in [6, 6.07) is 6.40. The van der Waals surface area contributed by atoms with Crippen LogP contribution >= 0.6 is 0 Å². The molecule has 2 aromatic rings. The lowest BCUT2D eigenvalue weighted by Gasteiger charge is -2.29. The summed E-state index contributed by atoms with van der Waals surface area (Å²) in [6.45, 7) is 7.86. The molecule has 8 nitrogen and oxygen atoms in total. The van der Waals surface area contributed by atoms with Crippen molar-refractivity contribution in [3.8, 4) is 0 Å².